The molecule has 2 nitrogen and oxygen atoms in total. The van der Waals surface area contributed by atoms with Crippen molar-refractivity contribution in [3.8, 4) is 0 Å². The number of halogens is 1. The van der Waals surface area contributed by atoms with Crippen LogP contribution in [0.25, 0.3) is 0 Å². The van der Waals surface area contributed by atoms with Crippen LogP contribution in [0.5, 0.6) is 0 Å². The summed E-state index contributed by atoms with van der Waals surface area (Å²) in [5.41, 5.74) is 0.277. The molecule has 0 heterocycles. The average Bonchev–Trinajstić information content (AvgIpc) is 2.15. The fourth-order valence-electron chi connectivity index (χ4n) is 1.21. The molecule has 4 heteroatoms. The van der Waals surface area contributed by atoms with Crippen LogP contribution in [0.3, 0.4) is 0 Å². The van der Waals surface area contributed by atoms with Crippen molar-refractivity contribution in [2.75, 3.05) is 6.26 Å². The summed E-state index contributed by atoms with van der Waals surface area (Å²) in [6, 6.07) is 5.47. The monoisotopic (exact) mass is 257 g/mol. The molecule has 1 N–H and O–H groups in total. The number of carbonyl (C=O) groups is 1. The Morgan fingerprint density at radius 1 is 1.38 bits per heavy atom. The summed E-state index contributed by atoms with van der Waals surface area (Å²) in [7, 11) is 0. The van der Waals surface area contributed by atoms with Crippen LogP contribution in [0.15, 0.2) is 23.1 Å². The number of carbonyl (C=O) groups excluding carboxylic acids is 1. The number of benzene rings is 1. The Balaban J connectivity index is 2.98. The molecule has 1 aromatic carbocycles. The molecule has 0 saturated carbocycles. The zero-order chi connectivity index (χ0) is 12.3. The van der Waals surface area contributed by atoms with Gasteiger partial charge in [0.2, 0.25) is 0 Å². The van der Waals surface area contributed by atoms with Crippen molar-refractivity contribution in [2.24, 2.45) is 0 Å². The molecule has 1 amide bonds. The number of nitrogens with one attached hydrogen (secondary N) is 1. The van der Waals surface area contributed by atoms with E-state index in [0.717, 1.165) is 4.90 Å². The van der Waals surface area contributed by atoms with Gasteiger partial charge in [-0.2, -0.15) is 0 Å². The molecule has 0 spiro atoms. The van der Waals surface area contributed by atoms with Gasteiger partial charge in [-0.05, 0) is 45.2 Å². The van der Waals surface area contributed by atoms with Crippen LogP contribution in [0.4, 0.5) is 0 Å². The van der Waals surface area contributed by atoms with Crippen molar-refractivity contribution in [1.82, 2.24) is 5.32 Å². The van der Waals surface area contributed by atoms with Crippen LogP contribution in [-0.2, 0) is 0 Å². The van der Waals surface area contributed by atoms with Gasteiger partial charge in [-0.3, -0.25) is 4.79 Å². The van der Waals surface area contributed by atoms with Gasteiger partial charge in [0.05, 0.1) is 10.6 Å². The maximum absolute atomic E-state index is 11.9. The Morgan fingerprint density at radius 2 is 2.00 bits per heavy atom. The molecule has 0 aromatic heterocycles. The van der Waals surface area contributed by atoms with Gasteiger partial charge in [-0.15, -0.1) is 11.8 Å². The molecule has 0 aliphatic carbocycles. The van der Waals surface area contributed by atoms with E-state index in [0.29, 0.717) is 10.6 Å². The molecule has 0 bridgehead atoms. The molecule has 0 saturated heterocycles. The predicted octanol–water partition coefficient (Wildman–Crippen LogP) is 3.59. The molecular formula is C12H16ClNOS. The van der Waals surface area contributed by atoms with Gasteiger partial charge in [0.15, 0.2) is 0 Å². The summed E-state index contributed by atoms with van der Waals surface area (Å²) in [5, 5.41) is 3.38. The van der Waals surface area contributed by atoms with E-state index >= 15 is 0 Å². The second kappa shape index (κ2) is 5.11. The van der Waals surface area contributed by atoms with Crippen LogP contribution >= 0.6 is 23.4 Å². The smallest absolute Gasteiger partial charge is 0.253 e. The number of amides is 1. The highest BCUT2D eigenvalue weighted by atomic mass is 35.5. The summed E-state index contributed by atoms with van der Waals surface area (Å²) in [6.45, 7) is 5.83. The minimum absolute atomic E-state index is 0.131. The van der Waals surface area contributed by atoms with Crippen LogP contribution in [0.2, 0.25) is 5.02 Å². The summed E-state index contributed by atoms with van der Waals surface area (Å²) in [6.07, 6.45) is 1.97. The third kappa shape index (κ3) is 3.72. The van der Waals surface area contributed by atoms with Crippen molar-refractivity contribution in [2.45, 2.75) is 31.2 Å². The number of thioether (sulfide) groups is 1. The van der Waals surface area contributed by atoms with Crippen LogP contribution in [0, 0.1) is 0 Å². The van der Waals surface area contributed by atoms with Crippen LogP contribution < -0.4 is 5.32 Å². The highest BCUT2D eigenvalue weighted by Gasteiger charge is 2.17. The van der Waals surface area contributed by atoms with Crippen LogP contribution in [-0.4, -0.2) is 17.7 Å². The highest BCUT2D eigenvalue weighted by Crippen LogP contribution is 2.23. The molecule has 1 rings (SSSR count). The molecule has 0 atom stereocenters. The minimum Gasteiger partial charge on any atom is -0.347 e. The number of hydrogen-bond donors (Lipinski definition) is 1. The SMILES string of the molecule is CSc1ccc(Cl)c(C(=O)NC(C)(C)C)c1. The molecular weight excluding hydrogens is 242 g/mol. The van der Waals surface area contributed by atoms with E-state index in [-0.39, 0.29) is 11.4 Å². The normalized spacial score (nSPS) is 11.3. The van der Waals surface area contributed by atoms with E-state index in [1.54, 1.807) is 17.8 Å². The van der Waals surface area contributed by atoms with Gasteiger partial charge in [-0.1, -0.05) is 11.6 Å². The van der Waals surface area contributed by atoms with E-state index in [4.69, 9.17) is 11.6 Å². The fourth-order valence-corrected chi connectivity index (χ4v) is 1.86. The third-order valence-electron chi connectivity index (χ3n) is 1.91. The first-order valence-electron chi connectivity index (χ1n) is 4.99. The standard InChI is InChI=1S/C12H16ClNOS/c1-12(2,3)14-11(15)9-7-8(16-4)5-6-10(9)13/h5-7H,1-4H3,(H,14,15). The summed E-state index contributed by atoms with van der Waals surface area (Å²) in [5.74, 6) is -0.131. The second-order valence-electron chi connectivity index (χ2n) is 4.55. The Hall–Kier alpha value is -0.670. The molecule has 0 unspecified atom stereocenters. The lowest BCUT2D eigenvalue weighted by molar-refractivity contribution is 0.0919. The lowest BCUT2D eigenvalue weighted by atomic mass is 10.1. The molecule has 88 valence electrons. The molecule has 0 aliphatic heterocycles. The Morgan fingerprint density at radius 3 is 2.50 bits per heavy atom. The molecule has 0 radical (unpaired) electrons. The third-order valence-corrected chi connectivity index (χ3v) is 2.96. The number of rotatable bonds is 2. The maximum atomic E-state index is 11.9. The van der Waals surface area contributed by atoms with Gasteiger partial charge in [-0.25, -0.2) is 0 Å². The zero-order valence-corrected chi connectivity index (χ0v) is 11.5. The average molecular weight is 258 g/mol. The minimum atomic E-state index is -0.254. The van der Waals surface area contributed by atoms with E-state index < -0.39 is 0 Å². The van der Waals surface area contributed by atoms with Crippen molar-refractivity contribution in [3.63, 3.8) is 0 Å². The summed E-state index contributed by atoms with van der Waals surface area (Å²) >= 11 is 7.60. The highest BCUT2D eigenvalue weighted by molar-refractivity contribution is 7.98. The lowest BCUT2D eigenvalue weighted by Gasteiger charge is -2.21. The largest absolute Gasteiger partial charge is 0.347 e. The first-order valence-corrected chi connectivity index (χ1v) is 6.60. The Kier molecular flexibility index (Phi) is 4.28. The molecule has 1 aromatic rings. The lowest BCUT2D eigenvalue weighted by Crippen LogP contribution is -2.40. The first kappa shape index (κ1) is 13.4. The van der Waals surface area contributed by atoms with Gasteiger partial charge in [0.25, 0.3) is 5.91 Å². The van der Waals surface area contributed by atoms with Crippen molar-refractivity contribution in [1.29, 1.82) is 0 Å². The quantitative estimate of drug-likeness (QED) is 0.821. The number of hydrogen-bond acceptors (Lipinski definition) is 2. The van der Waals surface area contributed by atoms with E-state index in [1.807, 2.05) is 39.2 Å². The van der Waals surface area contributed by atoms with Crippen molar-refractivity contribution in [3.05, 3.63) is 28.8 Å². The fraction of sp³-hybridized carbons (Fsp3) is 0.417. The Bertz CT molecular complexity index is 398. The summed E-state index contributed by atoms with van der Waals surface area (Å²) in [4.78, 5) is 13.0. The second-order valence-corrected chi connectivity index (χ2v) is 5.84. The molecule has 0 aliphatic rings. The van der Waals surface area contributed by atoms with E-state index in [9.17, 15) is 4.79 Å². The predicted molar refractivity (Wildman–Crippen MR) is 70.5 cm³/mol. The first-order chi connectivity index (χ1) is 7.33. The maximum Gasteiger partial charge on any atom is 0.253 e. The van der Waals surface area contributed by atoms with E-state index in [1.165, 1.54) is 0 Å². The zero-order valence-electron chi connectivity index (χ0n) is 9.93. The summed E-state index contributed by atoms with van der Waals surface area (Å²) < 4.78 is 0. The molecule has 16 heavy (non-hydrogen) atoms. The van der Waals surface area contributed by atoms with Crippen molar-refractivity contribution < 1.29 is 4.79 Å². The van der Waals surface area contributed by atoms with Crippen molar-refractivity contribution >= 4 is 29.3 Å². The van der Waals surface area contributed by atoms with Gasteiger partial charge in [0.1, 0.15) is 0 Å². The van der Waals surface area contributed by atoms with Gasteiger partial charge >= 0.3 is 0 Å². The van der Waals surface area contributed by atoms with Crippen LogP contribution in [0.1, 0.15) is 31.1 Å². The topological polar surface area (TPSA) is 29.1 Å². The van der Waals surface area contributed by atoms with Gasteiger partial charge in [0, 0.05) is 10.4 Å². The van der Waals surface area contributed by atoms with Gasteiger partial charge < -0.3 is 5.32 Å². The van der Waals surface area contributed by atoms with E-state index in [2.05, 4.69) is 5.32 Å². The molecule has 0 fully saturated rings. The Labute approximate surface area is 106 Å².